The van der Waals surface area contributed by atoms with Crippen LogP contribution in [0.25, 0.3) is 0 Å². The van der Waals surface area contributed by atoms with Gasteiger partial charge in [-0.3, -0.25) is 9.59 Å². The van der Waals surface area contributed by atoms with Gasteiger partial charge in [-0.05, 0) is 37.0 Å². The van der Waals surface area contributed by atoms with E-state index < -0.39 is 12.1 Å². The molecule has 5 heteroatoms. The first-order valence-corrected chi connectivity index (χ1v) is 7.76. The summed E-state index contributed by atoms with van der Waals surface area (Å²) in [4.78, 5) is 25.6. The highest BCUT2D eigenvalue weighted by Crippen LogP contribution is 2.26. The maximum absolute atomic E-state index is 12.7. The topological polar surface area (TPSA) is 55.8 Å². The zero-order valence-corrected chi connectivity index (χ0v) is 13.7. The van der Waals surface area contributed by atoms with Crippen molar-refractivity contribution in [1.82, 2.24) is 4.90 Å². The molecule has 0 bridgehead atoms. The summed E-state index contributed by atoms with van der Waals surface area (Å²) in [7, 11) is 1.62. The Morgan fingerprint density at radius 1 is 1.35 bits per heavy atom. The van der Waals surface area contributed by atoms with E-state index in [2.05, 4.69) is 6.58 Å². The van der Waals surface area contributed by atoms with Crippen LogP contribution in [0.5, 0.6) is 5.75 Å². The van der Waals surface area contributed by atoms with E-state index in [1.165, 1.54) is 6.92 Å². The van der Waals surface area contributed by atoms with Crippen LogP contribution in [0, 0.1) is 0 Å². The van der Waals surface area contributed by atoms with E-state index in [1.807, 2.05) is 30.3 Å². The van der Waals surface area contributed by atoms with Gasteiger partial charge < -0.3 is 14.4 Å². The molecule has 5 nitrogen and oxygen atoms in total. The van der Waals surface area contributed by atoms with E-state index in [1.54, 1.807) is 12.0 Å². The largest absolute Gasteiger partial charge is 0.497 e. The minimum atomic E-state index is -0.674. The van der Waals surface area contributed by atoms with Crippen LogP contribution in [0.1, 0.15) is 31.7 Å². The molecule has 0 aliphatic carbocycles. The molecule has 0 unspecified atom stereocenters. The summed E-state index contributed by atoms with van der Waals surface area (Å²) in [6.45, 7) is 5.59. The summed E-state index contributed by atoms with van der Waals surface area (Å²) in [5, 5.41) is 0. The molecule has 1 heterocycles. The molecule has 2 rings (SSSR count). The van der Waals surface area contributed by atoms with E-state index in [9.17, 15) is 9.59 Å². The van der Waals surface area contributed by atoms with Crippen molar-refractivity contribution in [3.05, 3.63) is 42.5 Å². The summed E-state index contributed by atoms with van der Waals surface area (Å²) >= 11 is 0. The predicted octanol–water partition coefficient (Wildman–Crippen LogP) is 2.69. The van der Waals surface area contributed by atoms with Gasteiger partial charge in [0.2, 0.25) is 0 Å². The van der Waals surface area contributed by atoms with Gasteiger partial charge in [0.1, 0.15) is 5.75 Å². The van der Waals surface area contributed by atoms with Gasteiger partial charge in [0, 0.05) is 19.5 Å². The third kappa shape index (κ3) is 4.34. The number of hydrogen-bond acceptors (Lipinski definition) is 4. The van der Waals surface area contributed by atoms with Crippen molar-refractivity contribution in [3.63, 3.8) is 0 Å². The fraction of sp³-hybridized carbons (Fsp3) is 0.444. The third-order valence-electron chi connectivity index (χ3n) is 4.02. The Labute approximate surface area is 136 Å². The van der Waals surface area contributed by atoms with Gasteiger partial charge in [0.15, 0.2) is 6.10 Å². The second kappa shape index (κ2) is 7.81. The second-order valence-electron chi connectivity index (χ2n) is 5.67. The first kappa shape index (κ1) is 17.1. The minimum Gasteiger partial charge on any atom is -0.497 e. The highest BCUT2D eigenvalue weighted by molar-refractivity contribution is 5.84. The summed E-state index contributed by atoms with van der Waals surface area (Å²) in [5.41, 5.74) is 1.01. The quantitative estimate of drug-likeness (QED) is 0.598. The average Bonchev–Trinajstić information content (AvgIpc) is 2.54. The summed E-state index contributed by atoms with van der Waals surface area (Å²) in [6.07, 6.45) is 3.24. The predicted molar refractivity (Wildman–Crippen MR) is 86.9 cm³/mol. The van der Waals surface area contributed by atoms with Crippen LogP contribution in [0.2, 0.25) is 0 Å². The Bertz CT molecular complexity index is 567. The highest BCUT2D eigenvalue weighted by Gasteiger charge is 2.36. The van der Waals surface area contributed by atoms with Crippen molar-refractivity contribution in [3.8, 4) is 5.75 Å². The van der Waals surface area contributed by atoms with E-state index in [4.69, 9.17) is 9.47 Å². The third-order valence-corrected chi connectivity index (χ3v) is 4.02. The zero-order chi connectivity index (χ0) is 16.8. The Kier molecular flexibility index (Phi) is 5.79. The van der Waals surface area contributed by atoms with Crippen LogP contribution < -0.4 is 4.74 Å². The van der Waals surface area contributed by atoms with Gasteiger partial charge in [0.25, 0.3) is 5.91 Å². The molecule has 1 aliphatic heterocycles. The van der Waals surface area contributed by atoms with Crippen LogP contribution in [0.15, 0.2) is 36.9 Å². The number of carbonyl (C=O) groups is 2. The smallest absolute Gasteiger partial charge is 0.303 e. The fourth-order valence-corrected chi connectivity index (χ4v) is 2.87. The Morgan fingerprint density at radius 3 is 2.61 bits per heavy atom. The normalized spacial score (nSPS) is 21.0. The number of ether oxygens (including phenoxy) is 2. The lowest BCUT2D eigenvalue weighted by Gasteiger charge is -2.38. The zero-order valence-electron chi connectivity index (χ0n) is 13.7. The lowest BCUT2D eigenvalue weighted by molar-refractivity contribution is -0.164. The lowest BCUT2D eigenvalue weighted by atomic mass is 9.96. The maximum Gasteiger partial charge on any atom is 0.303 e. The molecule has 1 aromatic carbocycles. The summed E-state index contributed by atoms with van der Waals surface area (Å²) in [6, 6.07) is 7.71. The van der Waals surface area contributed by atoms with Gasteiger partial charge in [-0.1, -0.05) is 18.2 Å². The van der Waals surface area contributed by atoms with Crippen molar-refractivity contribution in [1.29, 1.82) is 0 Å². The number of amides is 1. The Balaban J connectivity index is 2.15. The SMILES string of the molecule is C=CC[C@@H]1CC[C@H](OC(C)=O)C(=O)N1Cc1ccc(OC)cc1. The van der Waals surface area contributed by atoms with Crippen molar-refractivity contribution in [2.75, 3.05) is 7.11 Å². The lowest BCUT2D eigenvalue weighted by Crippen LogP contribution is -2.50. The molecule has 0 saturated carbocycles. The monoisotopic (exact) mass is 317 g/mol. The van der Waals surface area contributed by atoms with Crippen molar-refractivity contribution in [2.45, 2.75) is 44.9 Å². The number of nitrogens with zero attached hydrogens (tertiary/aromatic N) is 1. The molecule has 23 heavy (non-hydrogen) atoms. The molecule has 0 radical (unpaired) electrons. The molecule has 1 saturated heterocycles. The number of benzene rings is 1. The van der Waals surface area contributed by atoms with E-state index in [0.717, 1.165) is 24.2 Å². The number of esters is 1. The van der Waals surface area contributed by atoms with Gasteiger partial charge in [-0.15, -0.1) is 6.58 Å². The van der Waals surface area contributed by atoms with E-state index >= 15 is 0 Å². The number of rotatable bonds is 6. The van der Waals surface area contributed by atoms with Crippen molar-refractivity contribution >= 4 is 11.9 Å². The molecule has 2 atom stereocenters. The first-order valence-electron chi connectivity index (χ1n) is 7.76. The van der Waals surface area contributed by atoms with Gasteiger partial charge in [-0.2, -0.15) is 0 Å². The van der Waals surface area contributed by atoms with Gasteiger partial charge in [-0.25, -0.2) is 0 Å². The molecule has 0 N–H and O–H groups in total. The molecular formula is C18H23NO4. The average molecular weight is 317 g/mol. The standard InChI is InChI=1S/C18H23NO4/c1-4-5-15-8-11-17(23-13(2)20)18(21)19(15)12-14-6-9-16(22-3)10-7-14/h4,6-7,9-10,15,17H,1,5,8,11-12H2,2-3H3/t15-,17+/m1/s1. The number of methoxy groups -OCH3 is 1. The molecular weight excluding hydrogens is 294 g/mol. The maximum atomic E-state index is 12.7. The minimum absolute atomic E-state index is 0.0916. The fourth-order valence-electron chi connectivity index (χ4n) is 2.87. The molecule has 1 aliphatic rings. The van der Waals surface area contributed by atoms with Crippen molar-refractivity contribution < 1.29 is 19.1 Å². The van der Waals surface area contributed by atoms with Crippen LogP contribution in [-0.4, -0.2) is 36.0 Å². The van der Waals surface area contributed by atoms with Gasteiger partial charge in [0.05, 0.1) is 7.11 Å². The molecule has 1 amide bonds. The van der Waals surface area contributed by atoms with Crippen molar-refractivity contribution in [2.24, 2.45) is 0 Å². The van der Waals surface area contributed by atoms with Crippen LogP contribution in [0.3, 0.4) is 0 Å². The number of piperidine rings is 1. The first-order chi connectivity index (χ1) is 11.0. The molecule has 1 aromatic rings. The number of likely N-dealkylation sites (tertiary alicyclic amines) is 1. The van der Waals surface area contributed by atoms with Crippen LogP contribution >= 0.6 is 0 Å². The Morgan fingerprint density at radius 2 is 2.04 bits per heavy atom. The molecule has 0 spiro atoms. The molecule has 0 aromatic heterocycles. The van der Waals surface area contributed by atoms with Gasteiger partial charge >= 0.3 is 5.97 Å². The van der Waals surface area contributed by atoms with E-state index in [0.29, 0.717) is 13.0 Å². The Hall–Kier alpha value is -2.30. The summed E-state index contributed by atoms with van der Waals surface area (Å²) in [5.74, 6) is 0.225. The van der Waals surface area contributed by atoms with E-state index in [-0.39, 0.29) is 11.9 Å². The number of hydrogen-bond donors (Lipinski definition) is 0. The molecule has 1 fully saturated rings. The highest BCUT2D eigenvalue weighted by atomic mass is 16.5. The van der Waals surface area contributed by atoms with Crippen LogP contribution in [0.4, 0.5) is 0 Å². The number of carbonyl (C=O) groups excluding carboxylic acids is 2. The second-order valence-corrected chi connectivity index (χ2v) is 5.67. The van der Waals surface area contributed by atoms with Crippen LogP contribution in [-0.2, 0) is 20.9 Å². The summed E-state index contributed by atoms with van der Waals surface area (Å²) < 4.78 is 10.3. The molecule has 124 valence electrons.